The van der Waals surface area contributed by atoms with Gasteiger partial charge >= 0.3 is 5.97 Å². The molecule has 0 fully saturated rings. The number of ether oxygens (including phenoxy) is 1. The van der Waals surface area contributed by atoms with E-state index in [1.54, 1.807) is 12.1 Å². The Kier molecular flexibility index (Phi) is 17.9. The summed E-state index contributed by atoms with van der Waals surface area (Å²) in [5.41, 5.74) is 1.78. The van der Waals surface area contributed by atoms with Crippen LogP contribution >= 0.6 is 11.6 Å². The predicted octanol–water partition coefficient (Wildman–Crippen LogP) is 8.35. The molecule has 2 aromatic carbocycles. The maximum absolute atomic E-state index is 12.8. The van der Waals surface area contributed by atoms with Crippen LogP contribution in [-0.2, 0) is 32.6 Å². The molecule has 0 saturated carbocycles. The number of esters is 1. The van der Waals surface area contributed by atoms with Gasteiger partial charge in [0.2, 0.25) is 0 Å². The van der Waals surface area contributed by atoms with Gasteiger partial charge in [0.25, 0.3) is 21.8 Å². The third-order valence-electron chi connectivity index (χ3n) is 8.22. The van der Waals surface area contributed by atoms with Crippen LogP contribution < -0.4 is 10.0 Å². The first-order valence-corrected chi connectivity index (χ1v) is 19.3. The van der Waals surface area contributed by atoms with Crippen molar-refractivity contribution in [1.29, 1.82) is 0 Å². The van der Waals surface area contributed by atoms with E-state index in [-0.39, 0.29) is 34.5 Å². The lowest BCUT2D eigenvalue weighted by Gasteiger charge is -2.09. The number of pyridine rings is 1. The second kappa shape index (κ2) is 22.1. The summed E-state index contributed by atoms with van der Waals surface area (Å²) < 4.78 is 33.0. The maximum Gasteiger partial charge on any atom is 0.306 e. The molecule has 9 nitrogen and oxygen atoms in total. The molecule has 0 aliphatic rings. The fraction of sp³-hybridized carbons (Fsp3) is 0.474. The summed E-state index contributed by atoms with van der Waals surface area (Å²) >= 11 is 5.89. The zero-order chi connectivity index (χ0) is 35.3. The number of nitrogens with one attached hydrogen (secondary N) is 2. The van der Waals surface area contributed by atoms with Crippen LogP contribution in [0.3, 0.4) is 0 Å². The van der Waals surface area contributed by atoms with E-state index in [1.165, 1.54) is 107 Å². The first-order valence-electron chi connectivity index (χ1n) is 17.5. The van der Waals surface area contributed by atoms with E-state index >= 15 is 0 Å². The molecular weight excluding hydrogens is 662 g/mol. The van der Waals surface area contributed by atoms with Crippen LogP contribution in [0.15, 0.2) is 71.8 Å². The molecule has 0 saturated heterocycles. The number of nitrogens with zero attached hydrogens (tertiary/aromatic N) is 1. The van der Waals surface area contributed by atoms with E-state index in [0.29, 0.717) is 30.1 Å². The van der Waals surface area contributed by atoms with Crippen molar-refractivity contribution in [2.75, 3.05) is 6.54 Å². The molecule has 2 amide bonds. The molecule has 0 aliphatic heterocycles. The molecular formula is C38H50ClN3O6S. The molecule has 1 aromatic heterocycles. The lowest BCUT2D eigenvalue weighted by atomic mass is 10.0. The fourth-order valence-corrected chi connectivity index (χ4v) is 6.36. The average Bonchev–Trinajstić information content (AvgIpc) is 3.10. The van der Waals surface area contributed by atoms with Gasteiger partial charge in [0.1, 0.15) is 6.61 Å². The van der Waals surface area contributed by atoms with E-state index in [1.807, 2.05) is 16.9 Å². The standard InChI is InChI=1S/C38H50ClN3O6S/c1-2-3-4-5-6-7-8-9-10-11-12-13-14-15-36(43)48-29-34-23-18-32(28-41-34)38(45)42-49(46,47)35-24-19-31(20-25-35)37(44)40-27-26-30-16-21-33(39)22-17-30/h16-25,28H,2-15,26-27,29H2,1H3,(H,40,44)(H,42,45). The largest absolute Gasteiger partial charge is 0.459 e. The summed E-state index contributed by atoms with van der Waals surface area (Å²) in [7, 11) is -4.20. The van der Waals surface area contributed by atoms with Crippen LogP contribution in [0.25, 0.3) is 0 Å². The minimum Gasteiger partial charge on any atom is -0.459 e. The molecule has 0 aliphatic carbocycles. The van der Waals surface area contributed by atoms with Gasteiger partial charge in [-0.05, 0) is 66.9 Å². The third-order valence-corrected chi connectivity index (χ3v) is 9.82. The van der Waals surface area contributed by atoms with Gasteiger partial charge in [-0.3, -0.25) is 19.4 Å². The summed E-state index contributed by atoms with van der Waals surface area (Å²) in [5.74, 6) is -1.50. The van der Waals surface area contributed by atoms with Crippen molar-refractivity contribution >= 4 is 39.4 Å². The van der Waals surface area contributed by atoms with E-state index in [2.05, 4.69) is 17.2 Å². The summed E-state index contributed by atoms with van der Waals surface area (Å²) in [6, 6.07) is 15.5. The highest BCUT2D eigenvalue weighted by molar-refractivity contribution is 7.90. The molecule has 11 heteroatoms. The van der Waals surface area contributed by atoms with Crippen molar-refractivity contribution < 1.29 is 27.5 Å². The highest BCUT2D eigenvalue weighted by atomic mass is 35.5. The Morgan fingerprint density at radius 2 is 1.29 bits per heavy atom. The highest BCUT2D eigenvalue weighted by Crippen LogP contribution is 2.15. The Balaban J connectivity index is 1.30. The summed E-state index contributed by atoms with van der Waals surface area (Å²) in [5, 5.41) is 3.43. The maximum atomic E-state index is 12.8. The van der Waals surface area contributed by atoms with Gasteiger partial charge < -0.3 is 10.1 Å². The number of hydrogen-bond donors (Lipinski definition) is 2. The molecule has 3 rings (SSSR count). The van der Waals surface area contributed by atoms with Crippen LogP contribution in [0.5, 0.6) is 0 Å². The zero-order valence-corrected chi connectivity index (χ0v) is 30.1. The number of carbonyl (C=O) groups excluding carboxylic acids is 3. The Labute approximate surface area is 296 Å². The molecule has 2 N–H and O–H groups in total. The monoisotopic (exact) mass is 711 g/mol. The van der Waals surface area contributed by atoms with Crippen molar-refractivity contribution in [3.05, 3.63) is 94.3 Å². The number of rotatable bonds is 23. The molecule has 1 heterocycles. The first-order chi connectivity index (χ1) is 23.7. The summed E-state index contributed by atoms with van der Waals surface area (Å²) in [6.07, 6.45) is 18.3. The van der Waals surface area contributed by atoms with Gasteiger partial charge in [-0.25, -0.2) is 13.1 Å². The SMILES string of the molecule is CCCCCCCCCCCCCCCC(=O)OCc1ccc(C(=O)NS(=O)(=O)c2ccc(C(=O)NCCc3ccc(Cl)cc3)cc2)cn1. The molecule has 0 unspecified atom stereocenters. The van der Waals surface area contributed by atoms with Gasteiger partial charge in [0.15, 0.2) is 0 Å². The van der Waals surface area contributed by atoms with Gasteiger partial charge in [-0.1, -0.05) is 108 Å². The Morgan fingerprint density at radius 3 is 1.86 bits per heavy atom. The van der Waals surface area contributed by atoms with Gasteiger partial charge in [-0.15, -0.1) is 0 Å². The molecule has 0 spiro atoms. The summed E-state index contributed by atoms with van der Waals surface area (Å²) in [6.45, 7) is 2.61. The zero-order valence-electron chi connectivity index (χ0n) is 28.6. The van der Waals surface area contributed by atoms with E-state index in [9.17, 15) is 22.8 Å². The van der Waals surface area contributed by atoms with Crippen LogP contribution in [-0.4, -0.2) is 37.7 Å². The third kappa shape index (κ3) is 15.6. The lowest BCUT2D eigenvalue weighted by molar-refractivity contribution is -0.145. The number of unbranched alkanes of at least 4 members (excludes halogenated alkanes) is 12. The van der Waals surface area contributed by atoms with E-state index in [4.69, 9.17) is 16.3 Å². The van der Waals surface area contributed by atoms with E-state index in [0.717, 1.165) is 24.8 Å². The molecule has 49 heavy (non-hydrogen) atoms. The normalized spacial score (nSPS) is 11.2. The summed E-state index contributed by atoms with van der Waals surface area (Å²) in [4.78, 5) is 41.3. The van der Waals surface area contributed by atoms with Crippen molar-refractivity contribution in [2.24, 2.45) is 0 Å². The van der Waals surface area contributed by atoms with Crippen LogP contribution in [0.2, 0.25) is 5.02 Å². The number of carbonyl (C=O) groups is 3. The fourth-order valence-electron chi connectivity index (χ4n) is 5.26. The number of benzene rings is 2. The van der Waals surface area contributed by atoms with Crippen molar-refractivity contribution in [1.82, 2.24) is 15.0 Å². The second-order valence-corrected chi connectivity index (χ2v) is 14.4. The Hall–Kier alpha value is -3.76. The van der Waals surface area contributed by atoms with Crippen molar-refractivity contribution in [3.63, 3.8) is 0 Å². The van der Waals surface area contributed by atoms with Gasteiger partial charge in [-0.2, -0.15) is 0 Å². The minimum absolute atomic E-state index is 0.0292. The number of halogens is 1. The molecule has 0 atom stereocenters. The van der Waals surface area contributed by atoms with Crippen LogP contribution in [0, 0.1) is 0 Å². The molecule has 3 aromatic rings. The highest BCUT2D eigenvalue weighted by Gasteiger charge is 2.20. The predicted molar refractivity (Wildman–Crippen MR) is 193 cm³/mol. The topological polar surface area (TPSA) is 132 Å². The first kappa shape index (κ1) is 39.7. The molecule has 266 valence electrons. The van der Waals surface area contributed by atoms with E-state index < -0.39 is 15.9 Å². The Morgan fingerprint density at radius 1 is 0.714 bits per heavy atom. The smallest absolute Gasteiger partial charge is 0.306 e. The van der Waals surface area contributed by atoms with Gasteiger partial charge in [0.05, 0.1) is 16.2 Å². The molecule has 0 radical (unpaired) electrons. The molecule has 0 bridgehead atoms. The minimum atomic E-state index is -4.20. The lowest BCUT2D eigenvalue weighted by Crippen LogP contribution is -2.31. The van der Waals surface area contributed by atoms with Crippen molar-refractivity contribution in [3.8, 4) is 0 Å². The van der Waals surface area contributed by atoms with Crippen LogP contribution in [0.1, 0.15) is 129 Å². The van der Waals surface area contributed by atoms with Gasteiger partial charge in [0, 0.05) is 29.7 Å². The quantitative estimate of drug-likeness (QED) is 0.0747. The Bertz CT molecular complexity index is 1550. The number of aromatic nitrogens is 1. The second-order valence-electron chi connectivity index (χ2n) is 12.3. The number of sulfonamides is 1. The van der Waals surface area contributed by atoms with Crippen LogP contribution in [0.4, 0.5) is 0 Å². The average molecular weight is 712 g/mol. The number of hydrogen-bond acceptors (Lipinski definition) is 7. The van der Waals surface area contributed by atoms with Crippen molar-refractivity contribution in [2.45, 2.75) is 115 Å². The number of amides is 2.